The van der Waals surface area contributed by atoms with E-state index in [0.29, 0.717) is 27.3 Å². The minimum Gasteiger partial charge on any atom is -0.321 e. The Bertz CT molecular complexity index is 1450. The van der Waals surface area contributed by atoms with Gasteiger partial charge >= 0.3 is 11.8 Å². The Morgan fingerprint density at radius 3 is 2.32 bits per heavy atom. The van der Waals surface area contributed by atoms with Crippen molar-refractivity contribution in [2.45, 2.75) is 6.92 Å². The molecule has 0 aliphatic heterocycles. The Labute approximate surface area is 213 Å². The molecular formula is C24H17BrCl2N4O3. The van der Waals surface area contributed by atoms with Gasteiger partial charge in [-0.15, -0.1) is 0 Å². The molecule has 4 rings (SSSR count). The lowest BCUT2D eigenvalue weighted by atomic mass is 10.2. The number of carbonyl (C=O) groups is 3. The van der Waals surface area contributed by atoms with Crippen LogP contribution < -0.4 is 16.1 Å². The highest BCUT2D eigenvalue weighted by molar-refractivity contribution is 9.10. The van der Waals surface area contributed by atoms with E-state index in [9.17, 15) is 14.4 Å². The maximum atomic E-state index is 13.1. The first-order chi connectivity index (χ1) is 16.2. The lowest BCUT2D eigenvalue weighted by Gasteiger charge is -2.13. The van der Waals surface area contributed by atoms with Gasteiger partial charge in [0, 0.05) is 21.2 Å². The van der Waals surface area contributed by atoms with Crippen LogP contribution in [0.2, 0.25) is 10.0 Å². The number of halogens is 3. The molecule has 1 aromatic heterocycles. The molecule has 0 radical (unpaired) electrons. The molecule has 7 nitrogen and oxygen atoms in total. The van der Waals surface area contributed by atoms with E-state index < -0.39 is 17.7 Å². The van der Waals surface area contributed by atoms with E-state index in [1.165, 1.54) is 10.7 Å². The van der Waals surface area contributed by atoms with Crippen LogP contribution >= 0.6 is 39.1 Å². The van der Waals surface area contributed by atoms with Crippen LogP contribution in [0.5, 0.6) is 0 Å². The molecule has 3 aromatic carbocycles. The maximum Gasteiger partial charge on any atom is 0.328 e. The van der Waals surface area contributed by atoms with Crippen LogP contribution in [0.1, 0.15) is 16.1 Å². The van der Waals surface area contributed by atoms with Gasteiger partial charge in [0.2, 0.25) is 0 Å². The van der Waals surface area contributed by atoms with Crippen molar-refractivity contribution in [1.29, 1.82) is 0 Å². The van der Waals surface area contributed by atoms with Crippen LogP contribution in [0.3, 0.4) is 0 Å². The lowest BCUT2D eigenvalue weighted by molar-refractivity contribution is -0.133. The van der Waals surface area contributed by atoms with Gasteiger partial charge in [-0.05, 0) is 67.1 Å². The number of aryl methyl sites for hydroxylation is 1. The van der Waals surface area contributed by atoms with Gasteiger partial charge in [0.1, 0.15) is 5.69 Å². The fourth-order valence-corrected chi connectivity index (χ4v) is 3.98. The van der Waals surface area contributed by atoms with Gasteiger partial charge in [0.05, 0.1) is 15.6 Å². The van der Waals surface area contributed by atoms with E-state index in [2.05, 4.69) is 32.0 Å². The summed E-state index contributed by atoms with van der Waals surface area (Å²) in [6.07, 6.45) is 0. The second-order valence-corrected chi connectivity index (χ2v) is 9.15. The van der Waals surface area contributed by atoms with Crippen LogP contribution in [0.15, 0.2) is 71.2 Å². The number of hydrogen-bond donors (Lipinski definition) is 3. The molecule has 3 amide bonds. The van der Waals surface area contributed by atoms with Gasteiger partial charge in [-0.2, -0.15) is 0 Å². The summed E-state index contributed by atoms with van der Waals surface area (Å²) in [7, 11) is 0. The van der Waals surface area contributed by atoms with Crippen molar-refractivity contribution in [2.75, 3.05) is 16.1 Å². The number of amides is 3. The monoisotopic (exact) mass is 558 g/mol. The van der Waals surface area contributed by atoms with Crippen molar-refractivity contribution in [2.24, 2.45) is 0 Å². The molecule has 0 atom stereocenters. The summed E-state index contributed by atoms with van der Waals surface area (Å²) in [5, 5.41) is 6.59. The molecule has 0 unspecified atom stereocenters. The highest BCUT2D eigenvalue weighted by atomic mass is 79.9. The summed E-state index contributed by atoms with van der Waals surface area (Å²) in [5.74, 6) is -2.34. The molecule has 0 fully saturated rings. The van der Waals surface area contributed by atoms with Gasteiger partial charge < -0.3 is 10.6 Å². The molecule has 0 spiro atoms. The number of carbonyl (C=O) groups excluding carboxylic acids is 3. The summed E-state index contributed by atoms with van der Waals surface area (Å²) in [5.41, 5.74) is 4.99. The van der Waals surface area contributed by atoms with Crippen LogP contribution in [-0.4, -0.2) is 22.4 Å². The largest absolute Gasteiger partial charge is 0.328 e. The summed E-state index contributed by atoms with van der Waals surface area (Å²) in [4.78, 5) is 38.3. The summed E-state index contributed by atoms with van der Waals surface area (Å²) in [6, 6.07) is 18.6. The van der Waals surface area contributed by atoms with E-state index in [-0.39, 0.29) is 10.7 Å². The molecule has 0 aliphatic carbocycles. The first-order valence-corrected chi connectivity index (χ1v) is 11.5. The first kappa shape index (κ1) is 23.8. The Morgan fingerprint density at radius 2 is 1.59 bits per heavy atom. The zero-order valence-corrected chi connectivity index (χ0v) is 20.8. The van der Waals surface area contributed by atoms with Crippen molar-refractivity contribution >= 4 is 79.1 Å². The highest BCUT2D eigenvalue weighted by Crippen LogP contribution is 2.27. The van der Waals surface area contributed by atoms with Crippen molar-refractivity contribution in [1.82, 2.24) is 4.68 Å². The molecule has 34 heavy (non-hydrogen) atoms. The average molecular weight is 560 g/mol. The fraction of sp³-hybridized carbons (Fsp3) is 0.0417. The summed E-state index contributed by atoms with van der Waals surface area (Å²) in [6.45, 7) is 1.87. The van der Waals surface area contributed by atoms with Crippen LogP contribution in [0.25, 0.3) is 10.9 Å². The lowest BCUT2D eigenvalue weighted by Crippen LogP contribution is -2.36. The Hall–Kier alpha value is -3.33. The third kappa shape index (κ3) is 5.25. The second kappa shape index (κ2) is 9.89. The van der Waals surface area contributed by atoms with E-state index in [1.807, 2.05) is 13.0 Å². The van der Waals surface area contributed by atoms with Gasteiger partial charge in [-0.25, -0.2) is 4.68 Å². The molecule has 0 saturated heterocycles. The van der Waals surface area contributed by atoms with Crippen molar-refractivity contribution in [3.05, 3.63) is 92.5 Å². The first-order valence-electron chi connectivity index (χ1n) is 9.97. The van der Waals surface area contributed by atoms with Crippen LogP contribution in [-0.2, 0) is 9.59 Å². The number of aromatic nitrogens is 1. The van der Waals surface area contributed by atoms with Gasteiger partial charge in [0.25, 0.3) is 5.91 Å². The molecular weight excluding hydrogens is 543 g/mol. The number of hydrogen-bond acceptors (Lipinski definition) is 3. The Balaban J connectivity index is 1.63. The molecule has 0 bridgehead atoms. The molecule has 4 aromatic rings. The van der Waals surface area contributed by atoms with Gasteiger partial charge in [-0.1, -0.05) is 51.3 Å². The van der Waals surface area contributed by atoms with Crippen LogP contribution in [0.4, 0.5) is 11.4 Å². The van der Waals surface area contributed by atoms with E-state index in [4.69, 9.17) is 23.2 Å². The zero-order chi connectivity index (χ0) is 24.4. The summed E-state index contributed by atoms with van der Waals surface area (Å²) >= 11 is 15.4. The van der Waals surface area contributed by atoms with Crippen molar-refractivity contribution in [3.63, 3.8) is 0 Å². The standard InChI is InChI=1S/C24H17BrCl2N4O3/c1-13-3-2-4-16(9-13)29-23(33)24(34)30-31-20-8-5-15(25)10-14(20)11-21(31)22(32)28-17-6-7-18(26)19(27)12-17/h2-12H,1H3,(H,28,32)(H,29,33)(H,30,34). The quantitative estimate of drug-likeness (QED) is 0.268. The molecule has 0 saturated carbocycles. The minimum atomic E-state index is -0.939. The average Bonchev–Trinajstić information content (AvgIpc) is 3.13. The predicted molar refractivity (Wildman–Crippen MR) is 138 cm³/mol. The van der Waals surface area contributed by atoms with E-state index >= 15 is 0 Å². The number of anilines is 2. The number of nitrogens with zero attached hydrogens (tertiary/aromatic N) is 1. The molecule has 3 N–H and O–H groups in total. The highest BCUT2D eigenvalue weighted by Gasteiger charge is 2.21. The van der Waals surface area contributed by atoms with E-state index in [0.717, 1.165) is 10.0 Å². The smallest absolute Gasteiger partial charge is 0.321 e. The predicted octanol–water partition coefficient (Wildman–Crippen LogP) is 5.98. The number of nitrogens with one attached hydrogen (secondary N) is 3. The maximum absolute atomic E-state index is 13.1. The third-order valence-corrected chi connectivity index (χ3v) is 6.10. The van der Waals surface area contributed by atoms with Crippen LogP contribution in [0, 0.1) is 6.92 Å². The second-order valence-electron chi connectivity index (χ2n) is 7.42. The Morgan fingerprint density at radius 1 is 0.824 bits per heavy atom. The summed E-state index contributed by atoms with van der Waals surface area (Å²) < 4.78 is 2.06. The van der Waals surface area contributed by atoms with Gasteiger partial charge in [0.15, 0.2) is 0 Å². The number of benzene rings is 3. The Kier molecular flexibility index (Phi) is 6.92. The molecule has 1 heterocycles. The fourth-order valence-electron chi connectivity index (χ4n) is 3.31. The normalized spacial score (nSPS) is 10.7. The molecule has 0 aliphatic rings. The number of fused-ring (bicyclic) bond motifs is 1. The van der Waals surface area contributed by atoms with Crippen molar-refractivity contribution in [3.8, 4) is 0 Å². The van der Waals surface area contributed by atoms with Crippen molar-refractivity contribution < 1.29 is 14.4 Å². The topological polar surface area (TPSA) is 92.2 Å². The van der Waals surface area contributed by atoms with Gasteiger partial charge in [-0.3, -0.25) is 19.8 Å². The minimum absolute atomic E-state index is 0.107. The zero-order valence-electron chi connectivity index (χ0n) is 17.7. The SMILES string of the molecule is Cc1cccc(NC(=O)C(=O)Nn2c(C(=O)Nc3ccc(Cl)c(Cl)c3)cc3cc(Br)ccc32)c1. The molecule has 172 valence electrons. The molecule has 10 heteroatoms. The number of rotatable bonds is 4. The third-order valence-electron chi connectivity index (χ3n) is 4.87. The van der Waals surface area contributed by atoms with E-state index in [1.54, 1.807) is 54.6 Å².